The summed E-state index contributed by atoms with van der Waals surface area (Å²) in [4.78, 5) is 31.9. The highest BCUT2D eigenvalue weighted by Crippen LogP contribution is 2.42. The van der Waals surface area contributed by atoms with Gasteiger partial charge in [-0.3, -0.25) is 24.4 Å². The molecule has 31 heteroatoms. The number of aryl methyl sites for hydroxylation is 6. The summed E-state index contributed by atoms with van der Waals surface area (Å²) >= 11 is 24.9. The number of primary amides is 2. The highest BCUT2D eigenvalue weighted by atomic mass is 32.2. The van der Waals surface area contributed by atoms with E-state index in [9.17, 15) is 74.8 Å². The molecule has 9 aromatic carbocycles. The van der Waals surface area contributed by atoms with Crippen LogP contribution in [0.3, 0.4) is 0 Å². The molecule has 0 unspecified atom stereocenters. The van der Waals surface area contributed by atoms with Crippen molar-refractivity contribution in [3.05, 3.63) is 228 Å². The number of aromatic nitrogens is 3. The van der Waals surface area contributed by atoms with E-state index in [1.54, 1.807) is 40.3 Å². The highest BCUT2D eigenvalue weighted by molar-refractivity contribution is 8.29. The van der Waals surface area contributed by atoms with E-state index in [1.165, 1.54) is 95.5 Å². The summed E-state index contributed by atoms with van der Waals surface area (Å²) < 4.78 is 14.6. The van der Waals surface area contributed by atoms with Crippen molar-refractivity contribution in [3.8, 4) is 86.1 Å². The third-order valence-electron chi connectivity index (χ3n) is 20.0. The Kier molecular flexibility index (Phi) is 41.5. The largest absolute Gasteiger partial charge is 0.508 e. The van der Waals surface area contributed by atoms with E-state index in [2.05, 4.69) is 64.0 Å². The average molecular weight is 1830 g/mol. The smallest absolute Gasteiger partial charge is 0.322 e. The van der Waals surface area contributed by atoms with Crippen LogP contribution >= 0.6 is 61.5 Å². The Morgan fingerprint density at radius 2 is 0.776 bits per heavy atom. The van der Waals surface area contributed by atoms with Crippen LogP contribution < -0.4 is 33.8 Å². The van der Waals surface area contributed by atoms with Crippen LogP contribution in [0.1, 0.15) is 267 Å². The second-order valence-corrected chi connectivity index (χ2v) is 35.1. The Bertz CT molecular complexity index is 5500. The molecule has 3 aliphatic rings. The first-order valence-corrected chi connectivity index (χ1v) is 42.1. The van der Waals surface area contributed by atoms with Gasteiger partial charge in [-0.15, -0.1) is 22.8 Å². The summed E-state index contributed by atoms with van der Waals surface area (Å²) in [6, 6.07) is 37.5. The fraction of sp³-hybridized carbons (Fsp3) is 0.330. The highest BCUT2D eigenvalue weighted by Gasteiger charge is 2.28. The molecular formula is C94H121N9O16S6. The molecular weight excluding hydrogens is 1700 g/mol. The summed E-state index contributed by atoms with van der Waals surface area (Å²) in [6.07, 6.45) is 10.4. The van der Waals surface area contributed by atoms with E-state index in [4.69, 9.17) is 65.4 Å². The van der Waals surface area contributed by atoms with Crippen molar-refractivity contribution in [2.24, 2.45) is 17.3 Å². The van der Waals surface area contributed by atoms with Crippen molar-refractivity contribution in [1.29, 1.82) is 0 Å². The normalized spacial score (nSPS) is 11.7. The van der Waals surface area contributed by atoms with Gasteiger partial charge < -0.3 is 83.8 Å². The summed E-state index contributed by atoms with van der Waals surface area (Å²) in [7, 11) is -2.01. The van der Waals surface area contributed by atoms with Gasteiger partial charge in [0.2, 0.25) is 5.82 Å². The van der Waals surface area contributed by atoms with E-state index >= 15 is 0 Å². The van der Waals surface area contributed by atoms with Crippen molar-refractivity contribution < 1.29 is 79.9 Å². The summed E-state index contributed by atoms with van der Waals surface area (Å²) in [5.41, 5.74) is 33.8. The van der Waals surface area contributed by atoms with Gasteiger partial charge in [-0.05, 0) is 233 Å². The number of amides is 3. The zero-order valence-corrected chi connectivity index (χ0v) is 74.1. The molecule has 0 radical (unpaired) electrons. The van der Waals surface area contributed by atoms with Crippen LogP contribution in [0, 0.1) is 0 Å². The number of thiocarbonyl (C=S) groups is 4. The summed E-state index contributed by atoms with van der Waals surface area (Å²) in [5, 5.41) is 130. The molecule has 22 N–H and O–H groups in total. The van der Waals surface area contributed by atoms with Gasteiger partial charge in [0.25, 0.3) is 5.91 Å². The lowest BCUT2D eigenvalue weighted by molar-refractivity contribution is -0.137. The van der Waals surface area contributed by atoms with Gasteiger partial charge in [-0.1, -0.05) is 186 Å². The molecule has 1 aromatic heterocycles. The number of anilines is 2. The van der Waals surface area contributed by atoms with E-state index in [-0.39, 0.29) is 160 Å². The third-order valence-corrected chi connectivity index (χ3v) is 23.3. The molecule has 0 saturated heterocycles. The van der Waals surface area contributed by atoms with Gasteiger partial charge in [-0.25, -0.2) is 10.1 Å². The first-order valence-electron chi connectivity index (χ1n) is 38.9. The number of benzene rings is 9. The van der Waals surface area contributed by atoms with Gasteiger partial charge in [0.05, 0.1) is 15.3 Å². The number of nitrogens with two attached hydrogens (primary N) is 4. The maximum atomic E-state index is 13.0. The Balaban J connectivity index is 0.000000391. The Morgan fingerprint density at radius 1 is 0.416 bits per heavy atom. The minimum atomic E-state index is -2.01. The predicted molar refractivity (Wildman–Crippen MR) is 521 cm³/mol. The molecule has 0 atom stereocenters. The minimum absolute atomic E-state index is 0. The van der Waals surface area contributed by atoms with Crippen molar-refractivity contribution in [2.75, 3.05) is 11.1 Å². The molecule has 10 aromatic rings. The molecule has 0 spiro atoms. The molecule has 0 bridgehead atoms. The number of fused-ring (bicyclic) bond motifs is 3. The van der Waals surface area contributed by atoms with Crippen molar-refractivity contribution in [2.45, 2.75) is 206 Å². The number of nitrogen functional groups attached to an aromatic ring is 1. The molecule has 674 valence electrons. The Hall–Kier alpha value is -11.5. The first-order chi connectivity index (χ1) is 56.8. The first kappa shape index (κ1) is 108. The van der Waals surface area contributed by atoms with Crippen LogP contribution in [0.4, 0.5) is 11.4 Å². The molecule has 0 aliphatic heterocycles. The molecule has 3 amide bonds. The van der Waals surface area contributed by atoms with Gasteiger partial charge >= 0.3 is 11.8 Å². The average Bonchev–Trinajstić information content (AvgIpc) is 1.67. The Morgan fingerprint density at radius 3 is 1.18 bits per heavy atom. The number of carbonyl (C=O) groups is 3. The fourth-order valence-electron chi connectivity index (χ4n) is 13.5. The number of hydrogen-bond donors (Lipinski definition) is 19. The van der Waals surface area contributed by atoms with Crippen LogP contribution in [0.5, 0.6) is 69.0 Å². The lowest BCUT2D eigenvalue weighted by Crippen LogP contribution is -2.40. The number of hydrazine groups is 1. The summed E-state index contributed by atoms with van der Waals surface area (Å²) in [5.74, 6) is 2.06. The molecule has 3 aliphatic carbocycles. The number of nitrogens with one attached hydrogen (secondary N) is 2. The fourth-order valence-corrected chi connectivity index (χ4v) is 16.0. The number of thiol groups is 1. The maximum Gasteiger partial charge on any atom is 0.322 e. The van der Waals surface area contributed by atoms with Crippen molar-refractivity contribution in [1.82, 2.24) is 20.2 Å². The molecule has 0 saturated carbocycles. The number of nitrogens with zero attached hydrogens (tertiary/aromatic N) is 3. The quantitative estimate of drug-likeness (QED) is 0.00914. The monoisotopic (exact) mass is 1820 g/mol. The number of rotatable bonds is 14. The number of hydrogen-bond acceptors (Lipinski definition) is 24. The van der Waals surface area contributed by atoms with Crippen LogP contribution in [0.15, 0.2) is 133 Å². The standard InChI is InChI=1S/C21H22N4O3.C20H22O5S3.C19H21NO2S.C10H12O2S2.C9H11N.C9H12O2.C2H5N3O2.4CH4/c1-11(2)15-9-16(18(27)10-17(15)26)20-23-24-21(19(22)28)25(20)14-7-6-12-4-3-5-13(12)8-14;1-9(2)11-5-13(17(23)7-15(11)21)19(26)28(25)20(27)14-6-12(10(3)4)16(22)8-18(14)24;1-11(2)15-9-16(18(22)10-17(15)21)19(23)20-14-7-6-12-4-3-5-13(12)8-14;1-5(2)6-3-7(10(13)14)9(12)4-8(6)11;10-9-5-4-7-2-1-3-8(7)6-9;1-6(2)8-4-3-7(10)5-9(8)11;3-1(6)2(7)5-4;;;;/h6-11,26-27H,3-5H2,1-2H3,(H2,22,28);5-10,21-24H,1-4H3;6-11,21-22H,3-5H2,1-2H3,(H,20,23);3-5,11-12H,1-2H3,(H,13,14);4-6H,1-3,10H2;3-6,10-11H,1-2H3;4H2,(H2,3,6)(H,5,7);4*1H4. The number of aromatic hydroxyl groups is 12. The topological polar surface area (TPSA) is 470 Å². The van der Waals surface area contributed by atoms with E-state index in [1.807, 2.05) is 113 Å². The molecule has 25 nitrogen and oxygen atoms in total. The maximum absolute atomic E-state index is 13.0. The zero-order chi connectivity index (χ0) is 90.0. The molecule has 13 rings (SSSR count). The predicted octanol–water partition coefficient (Wildman–Crippen LogP) is 18.9. The van der Waals surface area contributed by atoms with Crippen LogP contribution in [-0.2, 0) is 58.9 Å². The second-order valence-electron chi connectivity index (χ2n) is 30.8. The molecule has 125 heavy (non-hydrogen) atoms. The molecule has 1 heterocycles. The van der Waals surface area contributed by atoms with E-state index in [0.717, 1.165) is 72.3 Å². The van der Waals surface area contributed by atoms with Crippen LogP contribution in [-0.4, -0.2) is 116 Å². The van der Waals surface area contributed by atoms with Gasteiger partial charge in [0.1, 0.15) is 93.2 Å². The lowest BCUT2D eigenvalue weighted by Gasteiger charge is -2.15. The zero-order valence-electron chi connectivity index (χ0n) is 69.2. The Labute approximate surface area is 762 Å². The second kappa shape index (κ2) is 48.1. The van der Waals surface area contributed by atoms with Crippen molar-refractivity contribution >= 4 is 119 Å². The van der Waals surface area contributed by atoms with Gasteiger partial charge in [0.15, 0.2) is 5.82 Å². The molecule has 0 fully saturated rings. The third kappa shape index (κ3) is 28.0. The van der Waals surface area contributed by atoms with Crippen molar-refractivity contribution in [3.63, 3.8) is 0 Å². The number of phenols is 12. The minimum Gasteiger partial charge on any atom is -0.508 e. The lowest BCUT2D eigenvalue weighted by atomic mass is 9.98. The van der Waals surface area contributed by atoms with Gasteiger partial charge in [-0.2, -0.15) is 0 Å². The van der Waals surface area contributed by atoms with Crippen LogP contribution in [0.25, 0.3) is 17.1 Å². The number of carbonyl (C=O) groups excluding carboxylic acids is 3. The summed E-state index contributed by atoms with van der Waals surface area (Å²) in [6.45, 7) is 23.2. The van der Waals surface area contributed by atoms with E-state index < -0.39 is 28.5 Å². The van der Waals surface area contributed by atoms with E-state index in [0.29, 0.717) is 54.1 Å². The SMILES string of the molecule is C.C.C.C.CC(C)c1cc(-c2nnc(C(N)=O)n2-c2ccc3c(c2)CCC3)c(O)cc1O.CC(C)c1cc(C(=S)Nc2ccc3c(c2)CCC3)c(O)cc1O.CC(C)c1cc(C(=S)S(=O)C(=S)c2cc(C(C)C)c(O)cc2O)c(O)cc1O.CC(C)c1cc(C(=S)S)c(O)cc1O.CC(C)c1ccc(O)cc1O.NNC(=O)C(N)=O.Nc1ccc2c(c1)CCC2. The number of phenolic OH excluding ortho intramolecular Hbond substituents is 12. The van der Waals surface area contributed by atoms with Gasteiger partial charge in [0, 0.05) is 70.2 Å². The van der Waals surface area contributed by atoms with Crippen LogP contribution in [0.2, 0.25) is 0 Å².